The minimum atomic E-state index is 0.248. The molecule has 0 aliphatic carbocycles. The number of Topliss-reactive ketones (excluding diaryl/α,β-unsaturated/α-hetero) is 1. The van der Waals surface area contributed by atoms with Gasteiger partial charge in [-0.2, -0.15) is 0 Å². The van der Waals surface area contributed by atoms with Crippen LogP contribution < -0.4 is 4.90 Å². The first-order valence-electron chi connectivity index (χ1n) is 9.65. The van der Waals surface area contributed by atoms with Gasteiger partial charge < -0.3 is 9.47 Å². The standard InChI is InChI=1S/C22H31N3O/c1-6-25-17(3)14-20(19(25)5)22(26)15-23-10-12-24(13-11-23)21-9-7-8-16(2)18(21)4/h7-9,14H,6,10-13,15H2,1-5H3. The Balaban J connectivity index is 1.62. The molecule has 0 unspecified atom stereocenters. The first kappa shape index (κ1) is 18.7. The van der Waals surface area contributed by atoms with Gasteiger partial charge in [-0.15, -0.1) is 0 Å². The van der Waals surface area contributed by atoms with Crippen molar-refractivity contribution in [1.29, 1.82) is 0 Å². The molecule has 1 aromatic heterocycles. The molecule has 2 aromatic rings. The molecular formula is C22H31N3O. The van der Waals surface area contributed by atoms with E-state index in [-0.39, 0.29) is 5.78 Å². The molecule has 140 valence electrons. The van der Waals surface area contributed by atoms with Crippen molar-refractivity contribution >= 4 is 11.5 Å². The zero-order chi connectivity index (χ0) is 18.8. The van der Waals surface area contributed by atoms with Crippen LogP contribution in [0.3, 0.4) is 0 Å². The van der Waals surface area contributed by atoms with E-state index in [9.17, 15) is 4.79 Å². The van der Waals surface area contributed by atoms with Crippen LogP contribution in [0.4, 0.5) is 5.69 Å². The number of aryl methyl sites for hydroxylation is 2. The third-order valence-corrected chi connectivity index (χ3v) is 5.85. The van der Waals surface area contributed by atoms with Gasteiger partial charge in [-0.05, 0) is 57.9 Å². The smallest absolute Gasteiger partial charge is 0.178 e. The molecule has 26 heavy (non-hydrogen) atoms. The molecule has 1 aromatic carbocycles. The van der Waals surface area contributed by atoms with Gasteiger partial charge in [0.25, 0.3) is 0 Å². The lowest BCUT2D eigenvalue weighted by atomic mass is 10.1. The van der Waals surface area contributed by atoms with Gasteiger partial charge in [0.1, 0.15) is 0 Å². The zero-order valence-corrected chi connectivity index (χ0v) is 16.8. The number of aromatic nitrogens is 1. The van der Waals surface area contributed by atoms with Crippen molar-refractivity contribution in [3.63, 3.8) is 0 Å². The molecule has 3 rings (SSSR count). The summed E-state index contributed by atoms with van der Waals surface area (Å²) in [5.41, 5.74) is 7.20. The average molecular weight is 354 g/mol. The summed E-state index contributed by atoms with van der Waals surface area (Å²) >= 11 is 0. The normalized spacial score (nSPS) is 15.5. The number of benzene rings is 1. The van der Waals surface area contributed by atoms with E-state index in [1.54, 1.807) is 0 Å². The number of carbonyl (C=O) groups excluding carboxylic acids is 1. The third-order valence-electron chi connectivity index (χ3n) is 5.85. The summed E-state index contributed by atoms with van der Waals surface area (Å²) < 4.78 is 2.21. The lowest BCUT2D eigenvalue weighted by Crippen LogP contribution is -2.48. The van der Waals surface area contributed by atoms with Crippen LogP contribution in [0, 0.1) is 27.7 Å². The fourth-order valence-electron chi connectivity index (χ4n) is 4.08. The van der Waals surface area contributed by atoms with E-state index in [4.69, 9.17) is 0 Å². The van der Waals surface area contributed by atoms with Crippen LogP contribution in [0.25, 0.3) is 0 Å². The van der Waals surface area contributed by atoms with E-state index in [0.29, 0.717) is 6.54 Å². The Morgan fingerprint density at radius 1 is 1.04 bits per heavy atom. The van der Waals surface area contributed by atoms with E-state index in [1.165, 1.54) is 22.5 Å². The first-order valence-corrected chi connectivity index (χ1v) is 9.65. The summed E-state index contributed by atoms with van der Waals surface area (Å²) in [4.78, 5) is 17.5. The Kier molecular flexibility index (Phi) is 5.52. The molecule has 0 N–H and O–H groups in total. The van der Waals surface area contributed by atoms with Crippen LogP contribution >= 0.6 is 0 Å². The topological polar surface area (TPSA) is 28.5 Å². The fourth-order valence-corrected chi connectivity index (χ4v) is 4.08. The van der Waals surface area contributed by atoms with Crippen LogP contribution in [0.1, 0.15) is 39.8 Å². The fraction of sp³-hybridized carbons (Fsp3) is 0.500. The Morgan fingerprint density at radius 2 is 1.73 bits per heavy atom. The molecule has 1 aliphatic rings. The van der Waals surface area contributed by atoms with Gasteiger partial charge in [0.05, 0.1) is 6.54 Å². The van der Waals surface area contributed by atoms with Crippen molar-refractivity contribution in [2.45, 2.75) is 41.2 Å². The Hall–Kier alpha value is -2.07. The summed E-state index contributed by atoms with van der Waals surface area (Å²) in [7, 11) is 0. The van der Waals surface area contributed by atoms with Crippen molar-refractivity contribution in [1.82, 2.24) is 9.47 Å². The molecule has 0 radical (unpaired) electrons. The maximum Gasteiger partial charge on any atom is 0.178 e. The first-order chi connectivity index (χ1) is 12.4. The second-order valence-corrected chi connectivity index (χ2v) is 7.43. The summed E-state index contributed by atoms with van der Waals surface area (Å²) in [6.45, 7) is 15.9. The number of anilines is 1. The molecule has 0 amide bonds. The number of rotatable bonds is 5. The SMILES string of the molecule is CCn1c(C)cc(C(=O)CN2CCN(c3cccc(C)c3C)CC2)c1C. The summed E-state index contributed by atoms with van der Waals surface area (Å²) in [6, 6.07) is 8.56. The summed E-state index contributed by atoms with van der Waals surface area (Å²) in [5.74, 6) is 0.248. The van der Waals surface area contributed by atoms with Gasteiger partial charge in [0.15, 0.2) is 5.78 Å². The summed E-state index contributed by atoms with van der Waals surface area (Å²) in [6.07, 6.45) is 0. The van der Waals surface area contributed by atoms with Gasteiger partial charge in [0.2, 0.25) is 0 Å². The molecule has 1 saturated heterocycles. The van der Waals surface area contributed by atoms with Crippen molar-refractivity contribution in [2.24, 2.45) is 0 Å². The minimum absolute atomic E-state index is 0.248. The minimum Gasteiger partial charge on any atom is -0.369 e. The molecule has 0 saturated carbocycles. The van der Waals surface area contributed by atoms with E-state index in [1.807, 2.05) is 6.07 Å². The second-order valence-electron chi connectivity index (χ2n) is 7.43. The largest absolute Gasteiger partial charge is 0.369 e. The molecule has 4 nitrogen and oxygen atoms in total. The van der Waals surface area contributed by atoms with E-state index < -0.39 is 0 Å². The molecule has 1 fully saturated rings. The predicted octanol–water partition coefficient (Wildman–Crippen LogP) is 3.75. The Morgan fingerprint density at radius 3 is 2.35 bits per heavy atom. The molecule has 1 aliphatic heterocycles. The number of hydrogen-bond donors (Lipinski definition) is 0. The van der Waals surface area contributed by atoms with Crippen LogP contribution in [0.15, 0.2) is 24.3 Å². The molecule has 0 spiro atoms. The van der Waals surface area contributed by atoms with E-state index in [0.717, 1.165) is 44.0 Å². The highest BCUT2D eigenvalue weighted by Crippen LogP contribution is 2.24. The Labute approximate surface area is 157 Å². The highest BCUT2D eigenvalue weighted by atomic mass is 16.1. The monoisotopic (exact) mass is 353 g/mol. The highest BCUT2D eigenvalue weighted by molar-refractivity contribution is 5.99. The lowest BCUT2D eigenvalue weighted by Gasteiger charge is -2.36. The number of hydrogen-bond acceptors (Lipinski definition) is 3. The van der Waals surface area contributed by atoms with Crippen LogP contribution in [-0.2, 0) is 6.54 Å². The van der Waals surface area contributed by atoms with E-state index >= 15 is 0 Å². The Bertz CT molecular complexity index is 798. The predicted molar refractivity (Wildman–Crippen MR) is 108 cm³/mol. The van der Waals surface area contributed by atoms with Gasteiger partial charge in [-0.25, -0.2) is 0 Å². The van der Waals surface area contributed by atoms with E-state index in [2.05, 4.69) is 67.2 Å². The number of nitrogens with zero attached hydrogens (tertiary/aromatic N) is 3. The van der Waals surface area contributed by atoms with Gasteiger partial charge in [-0.3, -0.25) is 9.69 Å². The number of carbonyl (C=O) groups is 1. The highest BCUT2D eigenvalue weighted by Gasteiger charge is 2.22. The van der Waals surface area contributed by atoms with Crippen molar-refractivity contribution < 1.29 is 4.79 Å². The quantitative estimate of drug-likeness (QED) is 0.767. The van der Waals surface area contributed by atoms with Crippen molar-refractivity contribution in [3.8, 4) is 0 Å². The second kappa shape index (κ2) is 7.67. The van der Waals surface area contributed by atoms with Gasteiger partial charge in [0, 0.05) is 55.4 Å². The van der Waals surface area contributed by atoms with Crippen LogP contribution in [0.5, 0.6) is 0 Å². The van der Waals surface area contributed by atoms with Crippen molar-refractivity contribution in [3.05, 3.63) is 52.3 Å². The lowest BCUT2D eigenvalue weighted by molar-refractivity contribution is 0.0925. The van der Waals surface area contributed by atoms with Gasteiger partial charge in [-0.1, -0.05) is 12.1 Å². The third kappa shape index (κ3) is 3.56. The van der Waals surface area contributed by atoms with Crippen LogP contribution in [-0.4, -0.2) is 48.0 Å². The zero-order valence-electron chi connectivity index (χ0n) is 16.8. The summed E-state index contributed by atoms with van der Waals surface area (Å²) in [5, 5.41) is 0. The molecule has 0 bridgehead atoms. The average Bonchev–Trinajstić information content (AvgIpc) is 2.92. The molecule has 4 heteroatoms. The van der Waals surface area contributed by atoms with Crippen LogP contribution in [0.2, 0.25) is 0 Å². The van der Waals surface area contributed by atoms with Crippen molar-refractivity contribution in [2.75, 3.05) is 37.6 Å². The maximum absolute atomic E-state index is 12.8. The molecule has 0 atom stereocenters. The molecular weight excluding hydrogens is 322 g/mol. The van der Waals surface area contributed by atoms with Gasteiger partial charge >= 0.3 is 0 Å². The maximum atomic E-state index is 12.8. The number of piperazine rings is 1. The molecule has 2 heterocycles. The number of ketones is 1.